The fourth-order valence-corrected chi connectivity index (χ4v) is 2.87. The molecular weight excluding hydrogens is 212 g/mol. The topological polar surface area (TPSA) is 67.6 Å². The molecule has 4 heteroatoms. The van der Waals surface area contributed by atoms with E-state index in [2.05, 4.69) is 9.89 Å². The summed E-state index contributed by atoms with van der Waals surface area (Å²) in [5, 5.41) is 0. The Balaban J connectivity index is 1.94. The molecule has 17 heavy (non-hydrogen) atoms. The summed E-state index contributed by atoms with van der Waals surface area (Å²) in [6.07, 6.45) is 6.90. The van der Waals surface area contributed by atoms with Crippen molar-refractivity contribution in [2.24, 2.45) is 4.99 Å². The molecule has 3 rings (SSSR count). The molecule has 0 spiro atoms. The first-order chi connectivity index (χ1) is 8.27. The van der Waals surface area contributed by atoms with Gasteiger partial charge in [-0.3, -0.25) is 4.99 Å². The molecule has 4 N–H and O–H groups in total. The van der Waals surface area contributed by atoms with Crippen molar-refractivity contribution >= 4 is 23.4 Å². The first kappa shape index (κ1) is 10.4. The van der Waals surface area contributed by atoms with Gasteiger partial charge in [-0.2, -0.15) is 0 Å². The number of para-hydroxylation sites is 1. The lowest BCUT2D eigenvalue weighted by Crippen LogP contribution is -2.38. The van der Waals surface area contributed by atoms with Gasteiger partial charge >= 0.3 is 0 Å². The molecule has 0 amide bonds. The van der Waals surface area contributed by atoms with Gasteiger partial charge in [-0.05, 0) is 25.0 Å². The predicted molar refractivity (Wildman–Crippen MR) is 72.3 cm³/mol. The van der Waals surface area contributed by atoms with Crippen molar-refractivity contribution < 1.29 is 0 Å². The highest BCUT2D eigenvalue weighted by Gasteiger charge is 2.34. The molecule has 0 radical (unpaired) electrons. The number of nitrogen functional groups attached to an aromatic ring is 2. The van der Waals surface area contributed by atoms with Gasteiger partial charge < -0.3 is 16.4 Å². The predicted octanol–water partition coefficient (Wildman–Crippen LogP) is 2.01. The minimum Gasteiger partial charge on any atom is -0.397 e. The van der Waals surface area contributed by atoms with Crippen LogP contribution in [0.3, 0.4) is 0 Å². The van der Waals surface area contributed by atoms with Gasteiger partial charge in [-0.15, -0.1) is 0 Å². The second-order valence-corrected chi connectivity index (χ2v) is 4.87. The summed E-state index contributed by atoms with van der Waals surface area (Å²) in [4.78, 5) is 6.79. The first-order valence-corrected chi connectivity index (χ1v) is 6.23. The number of benzene rings is 1. The molecule has 2 unspecified atom stereocenters. The van der Waals surface area contributed by atoms with Crippen LogP contribution in [0, 0.1) is 0 Å². The van der Waals surface area contributed by atoms with E-state index in [9.17, 15) is 0 Å². The summed E-state index contributed by atoms with van der Waals surface area (Å²) in [6.45, 7) is 0. The summed E-state index contributed by atoms with van der Waals surface area (Å²) in [7, 11) is 0. The fourth-order valence-electron chi connectivity index (χ4n) is 2.87. The minimum atomic E-state index is 0.449. The largest absolute Gasteiger partial charge is 0.397 e. The Morgan fingerprint density at radius 1 is 1.18 bits per heavy atom. The summed E-state index contributed by atoms with van der Waals surface area (Å²) < 4.78 is 0. The Bertz CT molecular complexity index is 455. The molecule has 1 aromatic rings. The quantitative estimate of drug-likeness (QED) is 0.725. The van der Waals surface area contributed by atoms with Crippen LogP contribution in [0.25, 0.3) is 0 Å². The summed E-state index contributed by atoms with van der Waals surface area (Å²) in [6, 6.07) is 6.74. The van der Waals surface area contributed by atoms with Gasteiger partial charge in [0.15, 0.2) is 0 Å². The smallest absolute Gasteiger partial charge is 0.0902 e. The Morgan fingerprint density at radius 2 is 2.00 bits per heavy atom. The number of nitrogens with two attached hydrogens (primary N) is 2. The number of aliphatic imine (C=N–C) groups is 1. The van der Waals surface area contributed by atoms with E-state index in [1.807, 2.05) is 24.5 Å². The molecule has 1 aliphatic heterocycles. The molecular formula is C13H18N4. The maximum absolute atomic E-state index is 6.06. The van der Waals surface area contributed by atoms with Gasteiger partial charge in [0.05, 0.1) is 35.5 Å². The molecule has 90 valence electrons. The second-order valence-electron chi connectivity index (χ2n) is 4.87. The van der Waals surface area contributed by atoms with Crippen LogP contribution >= 0.6 is 0 Å². The molecule has 0 aromatic heterocycles. The Hall–Kier alpha value is -1.71. The van der Waals surface area contributed by atoms with E-state index in [-0.39, 0.29) is 0 Å². The number of fused-ring (bicyclic) bond motifs is 1. The Labute approximate surface area is 101 Å². The molecule has 1 saturated carbocycles. The summed E-state index contributed by atoms with van der Waals surface area (Å²) in [5.41, 5.74) is 14.2. The highest BCUT2D eigenvalue weighted by Crippen LogP contribution is 2.36. The lowest BCUT2D eigenvalue weighted by Gasteiger charge is -2.32. The molecule has 4 nitrogen and oxygen atoms in total. The maximum Gasteiger partial charge on any atom is 0.0902 e. The molecule has 2 atom stereocenters. The van der Waals surface area contributed by atoms with E-state index in [4.69, 9.17) is 11.5 Å². The second kappa shape index (κ2) is 3.95. The van der Waals surface area contributed by atoms with Gasteiger partial charge in [0, 0.05) is 0 Å². The van der Waals surface area contributed by atoms with Crippen LogP contribution in [-0.4, -0.2) is 18.4 Å². The monoisotopic (exact) mass is 230 g/mol. The van der Waals surface area contributed by atoms with Crippen molar-refractivity contribution in [1.82, 2.24) is 0 Å². The van der Waals surface area contributed by atoms with Crippen LogP contribution in [-0.2, 0) is 0 Å². The molecule has 1 heterocycles. The molecule has 1 fully saturated rings. The van der Waals surface area contributed by atoms with E-state index < -0.39 is 0 Å². The van der Waals surface area contributed by atoms with Crippen LogP contribution in [0.15, 0.2) is 23.2 Å². The van der Waals surface area contributed by atoms with E-state index in [0.717, 1.165) is 5.69 Å². The van der Waals surface area contributed by atoms with Crippen LogP contribution in [0.1, 0.15) is 25.7 Å². The zero-order chi connectivity index (χ0) is 11.8. The third-order valence-electron chi connectivity index (χ3n) is 3.83. The zero-order valence-corrected chi connectivity index (χ0v) is 9.84. The number of nitrogens with zero attached hydrogens (tertiary/aromatic N) is 2. The van der Waals surface area contributed by atoms with E-state index >= 15 is 0 Å². The van der Waals surface area contributed by atoms with Gasteiger partial charge in [0.25, 0.3) is 0 Å². The van der Waals surface area contributed by atoms with Gasteiger partial charge in [-0.25, -0.2) is 0 Å². The third kappa shape index (κ3) is 1.64. The van der Waals surface area contributed by atoms with Gasteiger partial charge in [0.1, 0.15) is 0 Å². The van der Waals surface area contributed by atoms with Crippen LogP contribution < -0.4 is 16.4 Å². The first-order valence-electron chi connectivity index (χ1n) is 6.23. The molecule has 1 aromatic carbocycles. The van der Waals surface area contributed by atoms with Crippen LogP contribution in [0.4, 0.5) is 17.1 Å². The van der Waals surface area contributed by atoms with E-state index in [1.54, 1.807) is 0 Å². The molecule has 1 aliphatic carbocycles. The summed E-state index contributed by atoms with van der Waals surface area (Å²) in [5.74, 6) is 0. The van der Waals surface area contributed by atoms with Crippen LogP contribution in [0.5, 0.6) is 0 Å². The molecule has 0 bridgehead atoms. The van der Waals surface area contributed by atoms with Crippen LogP contribution in [0.2, 0.25) is 0 Å². The van der Waals surface area contributed by atoms with Crippen molar-refractivity contribution in [2.45, 2.75) is 37.8 Å². The Kier molecular flexibility index (Phi) is 2.42. The third-order valence-corrected chi connectivity index (χ3v) is 3.83. The van der Waals surface area contributed by atoms with E-state index in [0.29, 0.717) is 23.5 Å². The van der Waals surface area contributed by atoms with Crippen molar-refractivity contribution in [3.05, 3.63) is 18.2 Å². The lowest BCUT2D eigenvalue weighted by molar-refractivity contribution is 0.405. The standard InChI is InChI=1S/C13H18N4/c14-9-4-3-7-12(13(9)15)17-8-16-10-5-1-2-6-11(10)17/h3-4,7-8,10-11H,1-2,5-6,14-15H2. The van der Waals surface area contributed by atoms with E-state index in [1.165, 1.54) is 25.7 Å². The molecule has 0 saturated heterocycles. The SMILES string of the molecule is Nc1cccc(N2C=NC3CCCCC32)c1N. The zero-order valence-electron chi connectivity index (χ0n) is 9.84. The maximum atomic E-state index is 6.06. The van der Waals surface area contributed by atoms with Gasteiger partial charge in [0.2, 0.25) is 0 Å². The van der Waals surface area contributed by atoms with Crippen molar-refractivity contribution in [3.8, 4) is 0 Å². The number of rotatable bonds is 1. The normalized spacial score (nSPS) is 27.2. The van der Waals surface area contributed by atoms with Crippen molar-refractivity contribution in [2.75, 3.05) is 16.4 Å². The number of hydrogen-bond acceptors (Lipinski definition) is 4. The lowest BCUT2D eigenvalue weighted by atomic mass is 9.90. The fraction of sp³-hybridized carbons (Fsp3) is 0.462. The average Bonchev–Trinajstić information content (AvgIpc) is 2.77. The average molecular weight is 230 g/mol. The van der Waals surface area contributed by atoms with Crippen molar-refractivity contribution in [3.63, 3.8) is 0 Å². The highest BCUT2D eigenvalue weighted by atomic mass is 15.3. The van der Waals surface area contributed by atoms with Crippen molar-refractivity contribution in [1.29, 1.82) is 0 Å². The number of anilines is 3. The highest BCUT2D eigenvalue weighted by molar-refractivity contribution is 5.91. The minimum absolute atomic E-state index is 0.449. The summed E-state index contributed by atoms with van der Waals surface area (Å²) >= 11 is 0. The number of hydrogen-bond donors (Lipinski definition) is 2. The molecule has 2 aliphatic rings. The van der Waals surface area contributed by atoms with Gasteiger partial charge in [-0.1, -0.05) is 18.9 Å². The Morgan fingerprint density at radius 3 is 2.88 bits per heavy atom.